The number of ether oxygens (including phenoxy) is 3. The number of carbonyl (C=O) groups is 3. The summed E-state index contributed by atoms with van der Waals surface area (Å²) in [7, 11) is 1.46. The van der Waals surface area contributed by atoms with Gasteiger partial charge >= 0.3 is 6.03 Å². The van der Waals surface area contributed by atoms with Gasteiger partial charge in [-0.25, -0.2) is 9.69 Å². The molecule has 0 aromatic heterocycles. The quantitative estimate of drug-likeness (QED) is 0.177. The third kappa shape index (κ3) is 6.46. The van der Waals surface area contributed by atoms with Crippen molar-refractivity contribution in [2.75, 3.05) is 25.2 Å². The van der Waals surface area contributed by atoms with Crippen LogP contribution in [-0.4, -0.2) is 38.2 Å². The number of barbiturate groups is 1. The van der Waals surface area contributed by atoms with Gasteiger partial charge in [-0.1, -0.05) is 49.7 Å². The number of methoxy groups -OCH3 is 1. The Kier molecular flexibility index (Phi) is 9.11. The van der Waals surface area contributed by atoms with E-state index in [4.69, 9.17) is 25.8 Å². The maximum absolute atomic E-state index is 13.2. The van der Waals surface area contributed by atoms with Gasteiger partial charge in [-0.2, -0.15) is 0 Å². The molecule has 9 heteroatoms. The van der Waals surface area contributed by atoms with Crippen LogP contribution in [0.5, 0.6) is 17.2 Å². The normalized spacial score (nSPS) is 15.2. The average Bonchev–Trinajstić information content (AvgIpc) is 2.93. The zero-order chi connectivity index (χ0) is 28.8. The molecule has 4 amide bonds. The van der Waals surface area contributed by atoms with Crippen LogP contribution in [-0.2, 0) is 9.59 Å². The summed E-state index contributed by atoms with van der Waals surface area (Å²) in [5.41, 5.74) is 2.68. The monoisotopic (exact) mass is 562 g/mol. The molecule has 1 aliphatic heterocycles. The second kappa shape index (κ2) is 12.7. The zero-order valence-electron chi connectivity index (χ0n) is 22.8. The molecule has 3 aromatic carbocycles. The molecule has 1 fully saturated rings. The van der Waals surface area contributed by atoms with Gasteiger partial charge in [-0.05, 0) is 78.4 Å². The standard InChI is InChI=1S/C31H31ClN2O6/c1-5-20(3)22-9-11-24(12-10-22)39-13-14-40-28-26(32)17-21(18-27(28)38-4)16-25-29(35)33-31(37)34(30(25)36)23-8-6-7-19(2)15-23/h6-12,15-18,20H,5,13-14H2,1-4H3,(H,33,35,37)/b25-16-/t20-/m1/s1. The fourth-order valence-corrected chi connectivity index (χ4v) is 4.49. The van der Waals surface area contributed by atoms with Crippen molar-refractivity contribution in [2.24, 2.45) is 0 Å². The lowest BCUT2D eigenvalue weighted by molar-refractivity contribution is -0.122. The maximum atomic E-state index is 13.2. The summed E-state index contributed by atoms with van der Waals surface area (Å²) < 4.78 is 17.1. The van der Waals surface area contributed by atoms with Gasteiger partial charge in [-0.15, -0.1) is 0 Å². The van der Waals surface area contributed by atoms with Gasteiger partial charge in [0.25, 0.3) is 11.8 Å². The molecule has 3 aromatic rings. The number of hydrogen-bond acceptors (Lipinski definition) is 6. The van der Waals surface area contributed by atoms with Crippen LogP contribution in [0.3, 0.4) is 0 Å². The SMILES string of the molecule is CC[C@@H](C)c1ccc(OCCOc2c(Cl)cc(/C=C3/C(=O)NC(=O)N(c4cccc(C)c4)C3=O)cc2OC)cc1. The van der Waals surface area contributed by atoms with Crippen LogP contribution in [0.4, 0.5) is 10.5 Å². The van der Waals surface area contributed by atoms with Crippen molar-refractivity contribution in [3.05, 3.63) is 87.9 Å². The first-order chi connectivity index (χ1) is 19.2. The number of urea groups is 1. The van der Waals surface area contributed by atoms with E-state index in [9.17, 15) is 14.4 Å². The number of nitrogens with zero attached hydrogens (tertiary/aromatic N) is 1. The summed E-state index contributed by atoms with van der Waals surface area (Å²) in [4.78, 5) is 39.2. The van der Waals surface area contributed by atoms with E-state index >= 15 is 0 Å². The first kappa shape index (κ1) is 28.7. The molecule has 0 aliphatic carbocycles. The summed E-state index contributed by atoms with van der Waals surface area (Å²) in [6, 6.07) is 17.2. The largest absolute Gasteiger partial charge is 0.493 e. The molecule has 1 aliphatic rings. The summed E-state index contributed by atoms with van der Waals surface area (Å²) >= 11 is 6.50. The number of halogens is 1. The van der Waals surface area contributed by atoms with Crippen LogP contribution in [0.25, 0.3) is 6.08 Å². The number of anilines is 1. The van der Waals surface area contributed by atoms with Crippen molar-refractivity contribution in [3.63, 3.8) is 0 Å². The number of hydrogen-bond donors (Lipinski definition) is 1. The summed E-state index contributed by atoms with van der Waals surface area (Å²) in [5, 5.41) is 2.44. The Bertz CT molecular complexity index is 1450. The van der Waals surface area contributed by atoms with Crippen molar-refractivity contribution in [2.45, 2.75) is 33.1 Å². The number of aryl methyl sites for hydroxylation is 1. The molecule has 0 unspecified atom stereocenters. The topological polar surface area (TPSA) is 94.2 Å². The minimum atomic E-state index is -0.814. The van der Waals surface area contributed by atoms with E-state index in [2.05, 4.69) is 31.3 Å². The predicted octanol–water partition coefficient (Wildman–Crippen LogP) is 6.29. The minimum absolute atomic E-state index is 0.206. The molecule has 1 heterocycles. The van der Waals surface area contributed by atoms with Gasteiger partial charge in [-0.3, -0.25) is 14.9 Å². The highest BCUT2D eigenvalue weighted by molar-refractivity contribution is 6.39. The first-order valence-electron chi connectivity index (χ1n) is 12.9. The van der Waals surface area contributed by atoms with E-state index in [1.54, 1.807) is 30.3 Å². The van der Waals surface area contributed by atoms with Crippen LogP contribution in [0.2, 0.25) is 5.02 Å². The molecular weight excluding hydrogens is 532 g/mol. The molecule has 0 radical (unpaired) electrons. The molecule has 1 saturated heterocycles. The van der Waals surface area contributed by atoms with Crippen molar-refractivity contribution in [3.8, 4) is 17.2 Å². The number of rotatable bonds is 10. The Morgan fingerprint density at radius 1 is 1.00 bits per heavy atom. The smallest absolute Gasteiger partial charge is 0.335 e. The van der Waals surface area contributed by atoms with Gasteiger partial charge in [0, 0.05) is 0 Å². The van der Waals surface area contributed by atoms with E-state index in [0.29, 0.717) is 28.7 Å². The lowest BCUT2D eigenvalue weighted by Crippen LogP contribution is -2.54. The van der Waals surface area contributed by atoms with Crippen LogP contribution in [0, 0.1) is 6.92 Å². The van der Waals surface area contributed by atoms with E-state index in [1.807, 2.05) is 25.1 Å². The molecule has 208 valence electrons. The Hall–Kier alpha value is -4.30. The van der Waals surface area contributed by atoms with Crippen LogP contribution < -0.4 is 24.4 Å². The minimum Gasteiger partial charge on any atom is -0.493 e. The first-order valence-corrected chi connectivity index (χ1v) is 13.3. The van der Waals surface area contributed by atoms with E-state index in [0.717, 1.165) is 22.6 Å². The Morgan fingerprint density at radius 3 is 2.40 bits per heavy atom. The Labute approximate surface area is 238 Å². The highest BCUT2D eigenvalue weighted by Crippen LogP contribution is 2.37. The molecule has 40 heavy (non-hydrogen) atoms. The number of nitrogens with one attached hydrogen (secondary N) is 1. The number of carbonyl (C=O) groups excluding carboxylic acids is 3. The van der Waals surface area contributed by atoms with Gasteiger partial charge in [0.05, 0.1) is 17.8 Å². The van der Waals surface area contributed by atoms with Crippen LogP contribution >= 0.6 is 11.6 Å². The molecule has 1 atom stereocenters. The van der Waals surface area contributed by atoms with Crippen molar-refractivity contribution < 1.29 is 28.6 Å². The van der Waals surface area contributed by atoms with Crippen LogP contribution in [0.15, 0.2) is 66.2 Å². The lowest BCUT2D eigenvalue weighted by atomic mass is 9.99. The summed E-state index contributed by atoms with van der Waals surface area (Å²) in [5.74, 6) is 0.299. The molecule has 8 nitrogen and oxygen atoms in total. The van der Waals surface area contributed by atoms with Crippen molar-refractivity contribution >= 4 is 41.2 Å². The third-order valence-electron chi connectivity index (χ3n) is 6.58. The van der Waals surface area contributed by atoms with E-state index in [-0.39, 0.29) is 23.8 Å². The number of benzene rings is 3. The lowest BCUT2D eigenvalue weighted by Gasteiger charge is -2.26. The summed E-state index contributed by atoms with van der Waals surface area (Å²) in [6.45, 7) is 6.67. The van der Waals surface area contributed by atoms with Gasteiger partial charge in [0.1, 0.15) is 24.5 Å². The second-order valence-electron chi connectivity index (χ2n) is 9.41. The number of amides is 4. The van der Waals surface area contributed by atoms with Crippen molar-refractivity contribution in [1.82, 2.24) is 5.32 Å². The Balaban J connectivity index is 1.47. The molecule has 0 spiro atoms. The average molecular weight is 563 g/mol. The summed E-state index contributed by atoms with van der Waals surface area (Å²) in [6.07, 6.45) is 2.43. The maximum Gasteiger partial charge on any atom is 0.335 e. The fourth-order valence-electron chi connectivity index (χ4n) is 4.22. The van der Waals surface area contributed by atoms with Gasteiger partial charge in [0.2, 0.25) is 0 Å². The second-order valence-corrected chi connectivity index (χ2v) is 9.81. The predicted molar refractivity (Wildman–Crippen MR) is 154 cm³/mol. The molecule has 1 N–H and O–H groups in total. The van der Waals surface area contributed by atoms with Gasteiger partial charge < -0.3 is 14.2 Å². The molecule has 0 bridgehead atoms. The van der Waals surface area contributed by atoms with Crippen LogP contribution in [0.1, 0.15) is 42.9 Å². The highest BCUT2D eigenvalue weighted by Gasteiger charge is 2.37. The molecule has 0 saturated carbocycles. The molecular formula is C31H31ClN2O6. The third-order valence-corrected chi connectivity index (χ3v) is 6.87. The number of imide groups is 2. The Morgan fingerprint density at radius 2 is 1.73 bits per heavy atom. The highest BCUT2D eigenvalue weighted by atomic mass is 35.5. The van der Waals surface area contributed by atoms with Crippen molar-refractivity contribution in [1.29, 1.82) is 0 Å². The zero-order valence-corrected chi connectivity index (χ0v) is 23.6. The van der Waals surface area contributed by atoms with E-state index in [1.165, 1.54) is 18.7 Å². The fraction of sp³-hybridized carbons (Fsp3) is 0.258. The van der Waals surface area contributed by atoms with E-state index < -0.39 is 17.8 Å². The van der Waals surface area contributed by atoms with Gasteiger partial charge in [0.15, 0.2) is 11.5 Å². The molecule has 4 rings (SSSR count).